The maximum atomic E-state index is 13.8. The van der Waals surface area contributed by atoms with Gasteiger partial charge in [0, 0.05) is 12.7 Å². The van der Waals surface area contributed by atoms with Crippen LogP contribution < -0.4 is 5.32 Å². The van der Waals surface area contributed by atoms with Crippen LogP contribution in [0.15, 0.2) is 54.7 Å². The van der Waals surface area contributed by atoms with E-state index in [0.717, 1.165) is 41.4 Å². The number of benzene rings is 2. The number of carbonyl (C=O) groups is 1. The number of aromatic nitrogens is 2. The average molecular weight is 383 g/mol. The number of hydrogen-bond acceptors (Lipinski definition) is 3. The summed E-state index contributed by atoms with van der Waals surface area (Å²) in [7, 11) is 0. The minimum Gasteiger partial charge on any atom is -0.370 e. The molecule has 1 aliphatic heterocycles. The second-order valence-electron chi connectivity index (χ2n) is 6.67. The second kappa shape index (κ2) is 7.90. The molecular formula is C21H19F2N3O2. The number of nitrogens with one attached hydrogen (secondary N) is 1. The van der Waals surface area contributed by atoms with Crippen molar-refractivity contribution in [3.8, 4) is 0 Å². The van der Waals surface area contributed by atoms with Gasteiger partial charge < -0.3 is 10.1 Å². The summed E-state index contributed by atoms with van der Waals surface area (Å²) in [6.07, 6.45) is 2.31. The zero-order valence-corrected chi connectivity index (χ0v) is 15.1. The Bertz CT molecular complexity index is 989. The van der Waals surface area contributed by atoms with Gasteiger partial charge in [-0.25, -0.2) is 8.78 Å². The SMILES string of the molecule is O=C(NC[C@H]1OCCc2cn(Cc3ccccc3)nc21)c1cc(F)ccc1F. The first-order valence-corrected chi connectivity index (χ1v) is 9.05. The Hall–Kier alpha value is -3.06. The molecule has 0 radical (unpaired) electrons. The molecule has 2 heterocycles. The lowest BCUT2D eigenvalue weighted by Crippen LogP contribution is -2.32. The summed E-state index contributed by atoms with van der Waals surface area (Å²) in [5.41, 5.74) is 2.64. The van der Waals surface area contributed by atoms with Crippen molar-refractivity contribution in [1.29, 1.82) is 0 Å². The lowest BCUT2D eigenvalue weighted by molar-refractivity contribution is 0.0383. The first kappa shape index (κ1) is 18.3. The number of carbonyl (C=O) groups excluding carboxylic acids is 1. The molecule has 1 N–H and O–H groups in total. The summed E-state index contributed by atoms with van der Waals surface area (Å²) >= 11 is 0. The highest BCUT2D eigenvalue weighted by molar-refractivity contribution is 5.94. The van der Waals surface area contributed by atoms with Crippen LogP contribution in [0.4, 0.5) is 8.78 Å². The molecule has 1 amide bonds. The highest BCUT2D eigenvalue weighted by Gasteiger charge is 2.26. The molecule has 0 saturated heterocycles. The molecule has 28 heavy (non-hydrogen) atoms. The number of fused-ring (bicyclic) bond motifs is 1. The van der Waals surface area contributed by atoms with Crippen molar-refractivity contribution in [1.82, 2.24) is 15.1 Å². The Morgan fingerprint density at radius 1 is 1.21 bits per heavy atom. The fraction of sp³-hybridized carbons (Fsp3) is 0.238. The standard InChI is InChI=1S/C21H19F2N3O2/c22-16-6-7-18(23)17(10-16)21(27)24-11-19-20-15(8-9-28-19)13-26(25-20)12-14-4-2-1-3-5-14/h1-7,10,13,19H,8-9,11-12H2,(H,24,27)/t19-/m1/s1. The summed E-state index contributed by atoms with van der Waals surface area (Å²) in [6.45, 7) is 1.28. The summed E-state index contributed by atoms with van der Waals surface area (Å²) in [6, 6.07) is 12.8. The Morgan fingerprint density at radius 2 is 2.04 bits per heavy atom. The van der Waals surface area contributed by atoms with E-state index in [0.29, 0.717) is 13.2 Å². The number of amides is 1. The first-order valence-electron chi connectivity index (χ1n) is 9.05. The van der Waals surface area contributed by atoms with Crippen LogP contribution in [0.3, 0.4) is 0 Å². The van der Waals surface area contributed by atoms with E-state index in [1.807, 2.05) is 41.2 Å². The van der Waals surface area contributed by atoms with Crippen LogP contribution in [0, 0.1) is 11.6 Å². The van der Waals surface area contributed by atoms with E-state index in [2.05, 4.69) is 10.4 Å². The third kappa shape index (κ3) is 3.94. The Morgan fingerprint density at radius 3 is 2.86 bits per heavy atom. The van der Waals surface area contributed by atoms with Gasteiger partial charge in [0.15, 0.2) is 0 Å². The van der Waals surface area contributed by atoms with E-state index in [9.17, 15) is 13.6 Å². The highest BCUT2D eigenvalue weighted by Crippen LogP contribution is 2.25. The van der Waals surface area contributed by atoms with Gasteiger partial charge in [0.2, 0.25) is 0 Å². The van der Waals surface area contributed by atoms with E-state index in [1.54, 1.807) is 0 Å². The van der Waals surface area contributed by atoms with Crippen LogP contribution in [0.25, 0.3) is 0 Å². The molecule has 0 fully saturated rings. The third-order valence-corrected chi connectivity index (χ3v) is 4.67. The van der Waals surface area contributed by atoms with Gasteiger partial charge in [-0.2, -0.15) is 5.10 Å². The topological polar surface area (TPSA) is 56.1 Å². The molecule has 0 bridgehead atoms. The molecule has 1 aromatic heterocycles. The van der Waals surface area contributed by atoms with Crippen LogP contribution >= 0.6 is 0 Å². The van der Waals surface area contributed by atoms with Crippen LogP contribution in [0.2, 0.25) is 0 Å². The van der Waals surface area contributed by atoms with Crippen molar-refractivity contribution in [2.75, 3.05) is 13.2 Å². The van der Waals surface area contributed by atoms with Gasteiger partial charge in [-0.05, 0) is 35.7 Å². The lowest BCUT2D eigenvalue weighted by atomic mass is 10.1. The Kier molecular flexibility index (Phi) is 5.16. The van der Waals surface area contributed by atoms with Crippen molar-refractivity contribution in [2.24, 2.45) is 0 Å². The first-order chi connectivity index (χ1) is 13.6. The molecule has 2 aromatic carbocycles. The normalized spacial score (nSPS) is 15.9. The number of nitrogens with zero attached hydrogens (tertiary/aromatic N) is 2. The zero-order valence-electron chi connectivity index (χ0n) is 15.1. The molecule has 0 saturated carbocycles. The highest BCUT2D eigenvalue weighted by atomic mass is 19.1. The lowest BCUT2D eigenvalue weighted by Gasteiger charge is -2.22. The smallest absolute Gasteiger partial charge is 0.254 e. The maximum absolute atomic E-state index is 13.8. The number of hydrogen-bond donors (Lipinski definition) is 1. The quantitative estimate of drug-likeness (QED) is 0.736. The van der Waals surface area contributed by atoms with Crippen molar-refractivity contribution < 1.29 is 18.3 Å². The number of rotatable bonds is 5. The van der Waals surface area contributed by atoms with Crippen molar-refractivity contribution in [3.63, 3.8) is 0 Å². The number of ether oxygens (including phenoxy) is 1. The van der Waals surface area contributed by atoms with Gasteiger partial charge in [-0.1, -0.05) is 30.3 Å². The fourth-order valence-corrected chi connectivity index (χ4v) is 3.29. The molecule has 4 rings (SSSR count). The van der Waals surface area contributed by atoms with Crippen LogP contribution in [0.1, 0.15) is 33.3 Å². The predicted molar refractivity (Wildman–Crippen MR) is 98.9 cm³/mol. The van der Waals surface area contributed by atoms with Crippen molar-refractivity contribution >= 4 is 5.91 Å². The van der Waals surface area contributed by atoms with Gasteiger partial charge in [-0.3, -0.25) is 9.48 Å². The molecule has 1 atom stereocenters. The van der Waals surface area contributed by atoms with Gasteiger partial charge >= 0.3 is 0 Å². The van der Waals surface area contributed by atoms with E-state index in [4.69, 9.17) is 4.74 Å². The summed E-state index contributed by atoms with van der Waals surface area (Å²) in [5, 5.41) is 7.23. The number of halogens is 2. The molecule has 5 nitrogen and oxygen atoms in total. The molecule has 0 aliphatic carbocycles. The van der Waals surface area contributed by atoms with Gasteiger partial charge in [0.05, 0.1) is 24.4 Å². The maximum Gasteiger partial charge on any atom is 0.254 e. The molecule has 144 valence electrons. The van der Waals surface area contributed by atoms with E-state index in [-0.39, 0.29) is 12.1 Å². The minimum atomic E-state index is -0.767. The fourth-order valence-electron chi connectivity index (χ4n) is 3.29. The van der Waals surface area contributed by atoms with Crippen LogP contribution in [-0.4, -0.2) is 28.8 Å². The summed E-state index contributed by atoms with van der Waals surface area (Å²) < 4.78 is 34.7. The van der Waals surface area contributed by atoms with E-state index >= 15 is 0 Å². The Labute approximate surface area is 160 Å². The molecular weight excluding hydrogens is 364 g/mol. The van der Waals surface area contributed by atoms with Crippen LogP contribution in [0.5, 0.6) is 0 Å². The predicted octanol–water partition coefficient (Wildman–Crippen LogP) is 3.25. The molecule has 0 unspecified atom stereocenters. The third-order valence-electron chi connectivity index (χ3n) is 4.67. The van der Waals surface area contributed by atoms with Gasteiger partial charge in [-0.15, -0.1) is 0 Å². The molecule has 7 heteroatoms. The average Bonchev–Trinajstić information content (AvgIpc) is 3.11. The van der Waals surface area contributed by atoms with Gasteiger partial charge in [0.1, 0.15) is 17.7 Å². The Balaban J connectivity index is 1.46. The minimum absolute atomic E-state index is 0.129. The van der Waals surface area contributed by atoms with Crippen molar-refractivity contribution in [2.45, 2.75) is 19.1 Å². The monoisotopic (exact) mass is 383 g/mol. The molecule has 1 aliphatic rings. The van der Waals surface area contributed by atoms with E-state index in [1.165, 1.54) is 0 Å². The van der Waals surface area contributed by atoms with Crippen LogP contribution in [-0.2, 0) is 17.7 Å². The molecule has 3 aromatic rings. The van der Waals surface area contributed by atoms with Crippen molar-refractivity contribution in [3.05, 3.63) is 88.7 Å². The second-order valence-corrected chi connectivity index (χ2v) is 6.67. The largest absolute Gasteiger partial charge is 0.370 e. The summed E-state index contributed by atoms with van der Waals surface area (Å²) in [4.78, 5) is 12.2. The zero-order chi connectivity index (χ0) is 19.5. The van der Waals surface area contributed by atoms with Gasteiger partial charge in [0.25, 0.3) is 5.91 Å². The summed E-state index contributed by atoms with van der Waals surface area (Å²) in [5.74, 6) is -2.12. The molecule has 0 spiro atoms. The van der Waals surface area contributed by atoms with E-state index < -0.39 is 23.6 Å².